The maximum atomic E-state index is 10.7. The van der Waals surface area contributed by atoms with Crippen molar-refractivity contribution in [3.05, 3.63) is 23.8 Å². The van der Waals surface area contributed by atoms with E-state index in [-0.39, 0.29) is 11.7 Å². The van der Waals surface area contributed by atoms with Gasteiger partial charge in [0.1, 0.15) is 12.0 Å². The summed E-state index contributed by atoms with van der Waals surface area (Å²) in [6.45, 7) is 0.711. The van der Waals surface area contributed by atoms with E-state index in [1.54, 1.807) is 12.1 Å². The van der Waals surface area contributed by atoms with Crippen molar-refractivity contribution in [3.8, 4) is 5.75 Å². The van der Waals surface area contributed by atoms with Crippen LogP contribution in [0.5, 0.6) is 5.75 Å². The lowest BCUT2D eigenvalue weighted by Crippen LogP contribution is -2.15. The van der Waals surface area contributed by atoms with Crippen molar-refractivity contribution in [2.24, 2.45) is 0 Å². The van der Waals surface area contributed by atoms with Crippen LogP contribution in [0.3, 0.4) is 0 Å². The number of phenols is 1. The van der Waals surface area contributed by atoms with Crippen molar-refractivity contribution in [3.63, 3.8) is 0 Å². The number of anilines is 1. The molecule has 2 rings (SSSR count). The van der Waals surface area contributed by atoms with Crippen molar-refractivity contribution in [2.45, 2.75) is 5.92 Å². The molecule has 1 aromatic carbocycles. The Hall–Kier alpha value is -1.51. The molecule has 1 unspecified atom stereocenters. The van der Waals surface area contributed by atoms with Crippen LogP contribution in [0.15, 0.2) is 18.2 Å². The topological polar surface area (TPSA) is 40.5 Å². The van der Waals surface area contributed by atoms with E-state index in [0.29, 0.717) is 6.54 Å². The Labute approximate surface area is 76.6 Å². The van der Waals surface area contributed by atoms with Gasteiger partial charge in [0, 0.05) is 19.3 Å². The van der Waals surface area contributed by atoms with E-state index < -0.39 is 0 Å². The van der Waals surface area contributed by atoms with E-state index in [4.69, 9.17) is 0 Å². The lowest BCUT2D eigenvalue weighted by molar-refractivity contribution is -0.108. The number of benzene rings is 1. The van der Waals surface area contributed by atoms with Crippen LogP contribution in [0.4, 0.5) is 5.69 Å². The quantitative estimate of drug-likeness (QED) is 0.653. The van der Waals surface area contributed by atoms with Crippen LogP contribution in [0.2, 0.25) is 0 Å². The molecule has 1 aromatic rings. The fourth-order valence-electron chi connectivity index (χ4n) is 1.79. The van der Waals surface area contributed by atoms with Gasteiger partial charge in [-0.1, -0.05) is 0 Å². The van der Waals surface area contributed by atoms with Gasteiger partial charge >= 0.3 is 0 Å². The lowest BCUT2D eigenvalue weighted by atomic mass is 10.0. The molecule has 1 atom stereocenters. The first-order valence-electron chi connectivity index (χ1n) is 4.21. The largest absolute Gasteiger partial charge is 0.508 e. The Kier molecular flexibility index (Phi) is 1.72. The Bertz CT molecular complexity index is 349. The number of carbonyl (C=O) groups excluding carboxylic acids is 1. The van der Waals surface area contributed by atoms with Crippen molar-refractivity contribution in [2.75, 3.05) is 18.5 Å². The summed E-state index contributed by atoms with van der Waals surface area (Å²) in [6.07, 6.45) is 0.932. The SMILES string of the molecule is CN1CC(C=O)c2cc(O)ccc21. The second kappa shape index (κ2) is 2.76. The molecule has 1 aliphatic rings. The molecule has 0 spiro atoms. The zero-order valence-corrected chi connectivity index (χ0v) is 7.40. The molecule has 0 bridgehead atoms. The van der Waals surface area contributed by atoms with Crippen LogP contribution in [-0.4, -0.2) is 25.0 Å². The molecular weight excluding hydrogens is 166 g/mol. The molecule has 1 aliphatic heterocycles. The minimum Gasteiger partial charge on any atom is -0.508 e. The first kappa shape index (κ1) is 8.10. The van der Waals surface area contributed by atoms with E-state index in [1.165, 1.54) is 0 Å². The number of phenolic OH excluding ortho intramolecular Hbond substituents is 1. The van der Waals surface area contributed by atoms with Gasteiger partial charge in [-0.3, -0.25) is 0 Å². The highest BCUT2D eigenvalue weighted by molar-refractivity contribution is 5.74. The van der Waals surface area contributed by atoms with Gasteiger partial charge in [-0.15, -0.1) is 0 Å². The van der Waals surface area contributed by atoms with Crippen LogP contribution < -0.4 is 4.90 Å². The van der Waals surface area contributed by atoms with Gasteiger partial charge in [0.05, 0.1) is 5.92 Å². The summed E-state index contributed by atoms with van der Waals surface area (Å²) in [7, 11) is 1.94. The van der Waals surface area contributed by atoms with Crippen LogP contribution in [-0.2, 0) is 4.79 Å². The highest BCUT2D eigenvalue weighted by Crippen LogP contribution is 2.35. The smallest absolute Gasteiger partial charge is 0.129 e. The molecule has 0 saturated heterocycles. The first-order valence-corrected chi connectivity index (χ1v) is 4.21. The highest BCUT2D eigenvalue weighted by Gasteiger charge is 2.25. The Morgan fingerprint density at radius 2 is 2.38 bits per heavy atom. The molecule has 3 nitrogen and oxygen atoms in total. The summed E-state index contributed by atoms with van der Waals surface area (Å²) in [4.78, 5) is 12.7. The van der Waals surface area contributed by atoms with Gasteiger partial charge in [-0.2, -0.15) is 0 Å². The fraction of sp³-hybridized carbons (Fsp3) is 0.300. The van der Waals surface area contributed by atoms with Crippen LogP contribution in [0.25, 0.3) is 0 Å². The number of fused-ring (bicyclic) bond motifs is 1. The van der Waals surface area contributed by atoms with Gasteiger partial charge < -0.3 is 14.8 Å². The van der Waals surface area contributed by atoms with Crippen molar-refractivity contribution in [1.29, 1.82) is 0 Å². The standard InChI is InChI=1S/C10H11NO2/c1-11-5-7(6-12)9-4-8(13)2-3-10(9)11/h2-4,6-7,13H,5H2,1H3. The summed E-state index contributed by atoms with van der Waals surface area (Å²) >= 11 is 0. The maximum Gasteiger partial charge on any atom is 0.129 e. The number of nitrogens with zero attached hydrogens (tertiary/aromatic N) is 1. The van der Waals surface area contributed by atoms with Crippen LogP contribution >= 0.6 is 0 Å². The van der Waals surface area contributed by atoms with E-state index in [1.807, 2.05) is 18.0 Å². The molecule has 0 fully saturated rings. The number of hydrogen-bond acceptors (Lipinski definition) is 3. The minimum absolute atomic E-state index is 0.0906. The maximum absolute atomic E-state index is 10.7. The van der Waals surface area contributed by atoms with Crippen LogP contribution in [0.1, 0.15) is 11.5 Å². The molecule has 1 N–H and O–H groups in total. The summed E-state index contributed by atoms with van der Waals surface area (Å²) in [5, 5.41) is 9.26. The molecule has 1 heterocycles. The molecular formula is C10H11NO2. The summed E-state index contributed by atoms with van der Waals surface area (Å²) in [5.74, 6) is 0.132. The van der Waals surface area contributed by atoms with Gasteiger partial charge in [-0.25, -0.2) is 0 Å². The first-order chi connectivity index (χ1) is 6.22. The monoisotopic (exact) mass is 177 g/mol. The normalized spacial score (nSPS) is 20.1. The third kappa shape index (κ3) is 1.16. The number of carbonyl (C=O) groups is 1. The molecule has 0 aliphatic carbocycles. The third-order valence-electron chi connectivity index (χ3n) is 2.46. The number of hydrogen-bond donors (Lipinski definition) is 1. The van der Waals surface area contributed by atoms with Gasteiger partial charge in [-0.05, 0) is 23.8 Å². The zero-order chi connectivity index (χ0) is 9.42. The van der Waals surface area contributed by atoms with E-state index in [0.717, 1.165) is 17.5 Å². The third-order valence-corrected chi connectivity index (χ3v) is 2.46. The van der Waals surface area contributed by atoms with E-state index in [9.17, 15) is 9.90 Å². The molecule has 0 saturated carbocycles. The average Bonchev–Trinajstić information content (AvgIpc) is 2.42. The minimum atomic E-state index is -0.0906. The van der Waals surface area contributed by atoms with E-state index >= 15 is 0 Å². The van der Waals surface area contributed by atoms with Gasteiger partial charge in [0.25, 0.3) is 0 Å². The van der Waals surface area contributed by atoms with Gasteiger partial charge in [0.2, 0.25) is 0 Å². The Morgan fingerprint density at radius 3 is 3.08 bits per heavy atom. The number of aromatic hydroxyl groups is 1. The van der Waals surface area contributed by atoms with Crippen LogP contribution in [0, 0.1) is 0 Å². The lowest BCUT2D eigenvalue weighted by Gasteiger charge is -2.10. The number of likely N-dealkylation sites (N-methyl/N-ethyl adjacent to an activating group) is 1. The second-order valence-corrected chi connectivity index (χ2v) is 3.37. The molecule has 68 valence electrons. The number of rotatable bonds is 1. The molecule has 13 heavy (non-hydrogen) atoms. The Morgan fingerprint density at radius 1 is 1.62 bits per heavy atom. The van der Waals surface area contributed by atoms with E-state index in [2.05, 4.69) is 0 Å². The average molecular weight is 177 g/mol. The molecule has 0 aromatic heterocycles. The van der Waals surface area contributed by atoms with Gasteiger partial charge in [0.15, 0.2) is 0 Å². The molecule has 0 radical (unpaired) electrons. The van der Waals surface area contributed by atoms with Crippen molar-refractivity contribution < 1.29 is 9.90 Å². The predicted octanol–water partition coefficient (Wildman–Crippen LogP) is 1.12. The summed E-state index contributed by atoms with van der Waals surface area (Å²) in [6, 6.07) is 5.15. The molecule has 3 heteroatoms. The summed E-state index contributed by atoms with van der Waals surface area (Å²) < 4.78 is 0. The van der Waals surface area contributed by atoms with Crippen molar-refractivity contribution >= 4 is 12.0 Å². The second-order valence-electron chi connectivity index (χ2n) is 3.37. The molecule has 0 amide bonds. The Balaban J connectivity index is 2.52. The fourth-order valence-corrected chi connectivity index (χ4v) is 1.79. The highest BCUT2D eigenvalue weighted by atomic mass is 16.3. The van der Waals surface area contributed by atoms with Crippen molar-refractivity contribution in [1.82, 2.24) is 0 Å². The zero-order valence-electron chi connectivity index (χ0n) is 7.40. The predicted molar refractivity (Wildman–Crippen MR) is 50.2 cm³/mol. The summed E-state index contributed by atoms with van der Waals surface area (Å²) in [5.41, 5.74) is 1.97. The number of aldehydes is 1.